The van der Waals surface area contributed by atoms with Crippen molar-refractivity contribution in [2.24, 2.45) is 0 Å². The Morgan fingerprint density at radius 2 is 2.15 bits per heavy atom. The van der Waals surface area contributed by atoms with Crippen molar-refractivity contribution >= 4 is 6.01 Å². The highest BCUT2D eigenvalue weighted by Crippen LogP contribution is 2.25. The topological polar surface area (TPSA) is 57.4 Å². The van der Waals surface area contributed by atoms with E-state index in [1.165, 1.54) is 32.4 Å². The van der Waals surface area contributed by atoms with Crippen molar-refractivity contribution in [2.75, 3.05) is 37.6 Å². The van der Waals surface area contributed by atoms with Crippen LogP contribution in [-0.4, -0.2) is 53.9 Å². The predicted octanol–water partition coefficient (Wildman–Crippen LogP) is 1.41. The van der Waals surface area contributed by atoms with Gasteiger partial charge in [0.2, 0.25) is 5.89 Å². The van der Waals surface area contributed by atoms with Crippen LogP contribution in [0.4, 0.5) is 6.01 Å². The third kappa shape index (κ3) is 2.81. The summed E-state index contributed by atoms with van der Waals surface area (Å²) in [5, 5.41) is 11.7. The Morgan fingerprint density at radius 1 is 1.30 bits per heavy atom. The Hall–Kier alpha value is -1.14. The number of hydrogen-bond acceptors (Lipinski definition) is 6. The van der Waals surface area contributed by atoms with Crippen molar-refractivity contribution in [3.05, 3.63) is 5.89 Å². The van der Waals surface area contributed by atoms with Crippen molar-refractivity contribution in [1.82, 2.24) is 20.4 Å². The van der Waals surface area contributed by atoms with Gasteiger partial charge in [0.15, 0.2) is 0 Å². The number of aromatic nitrogens is 2. The molecule has 2 aliphatic heterocycles. The normalized spacial score (nSPS) is 25.5. The van der Waals surface area contributed by atoms with Gasteiger partial charge in [-0.2, -0.15) is 0 Å². The lowest BCUT2D eigenvalue weighted by Gasteiger charge is -2.24. The molecule has 0 saturated carbocycles. The summed E-state index contributed by atoms with van der Waals surface area (Å²) >= 11 is 0. The monoisotopic (exact) mass is 279 g/mol. The van der Waals surface area contributed by atoms with Crippen LogP contribution in [0.15, 0.2) is 4.42 Å². The first kappa shape index (κ1) is 13.8. The lowest BCUT2D eigenvalue weighted by atomic mass is 10.2. The van der Waals surface area contributed by atoms with Gasteiger partial charge in [-0.05, 0) is 39.3 Å². The molecule has 6 nitrogen and oxygen atoms in total. The van der Waals surface area contributed by atoms with Crippen LogP contribution in [0.3, 0.4) is 0 Å². The Labute approximate surface area is 120 Å². The van der Waals surface area contributed by atoms with Crippen LogP contribution in [0.2, 0.25) is 0 Å². The predicted molar refractivity (Wildman–Crippen MR) is 77.8 cm³/mol. The molecule has 1 aromatic rings. The number of nitrogens with one attached hydrogen (secondary N) is 1. The molecular formula is C14H25N5O. The smallest absolute Gasteiger partial charge is 0.318 e. The van der Waals surface area contributed by atoms with Gasteiger partial charge in [0, 0.05) is 25.7 Å². The van der Waals surface area contributed by atoms with Crippen LogP contribution in [0.25, 0.3) is 0 Å². The molecule has 0 radical (unpaired) electrons. The maximum absolute atomic E-state index is 5.86. The summed E-state index contributed by atoms with van der Waals surface area (Å²) in [5.41, 5.74) is 0. The van der Waals surface area contributed by atoms with E-state index in [1.54, 1.807) is 0 Å². The van der Waals surface area contributed by atoms with E-state index in [-0.39, 0.29) is 6.04 Å². The van der Waals surface area contributed by atoms with E-state index in [0.29, 0.717) is 17.9 Å². The van der Waals surface area contributed by atoms with Gasteiger partial charge in [-0.3, -0.25) is 4.90 Å². The van der Waals surface area contributed by atoms with E-state index < -0.39 is 0 Å². The second-order valence-corrected chi connectivity index (χ2v) is 5.83. The molecule has 20 heavy (non-hydrogen) atoms. The first-order valence-corrected chi connectivity index (χ1v) is 7.83. The molecule has 3 rings (SSSR count). The van der Waals surface area contributed by atoms with E-state index in [9.17, 15) is 0 Å². The summed E-state index contributed by atoms with van der Waals surface area (Å²) in [6.45, 7) is 9.54. The molecule has 1 aromatic heterocycles. The van der Waals surface area contributed by atoms with Gasteiger partial charge >= 0.3 is 6.01 Å². The van der Waals surface area contributed by atoms with Crippen LogP contribution in [0, 0.1) is 0 Å². The highest BCUT2D eigenvalue weighted by atomic mass is 16.4. The average molecular weight is 279 g/mol. The number of anilines is 1. The number of rotatable bonds is 4. The molecular weight excluding hydrogens is 254 g/mol. The molecule has 3 heterocycles. The van der Waals surface area contributed by atoms with Crippen molar-refractivity contribution in [1.29, 1.82) is 0 Å². The number of nitrogens with zero attached hydrogens (tertiary/aromatic N) is 4. The summed E-state index contributed by atoms with van der Waals surface area (Å²) in [6, 6.07) is 1.48. The van der Waals surface area contributed by atoms with Crippen molar-refractivity contribution in [2.45, 2.75) is 45.2 Å². The highest BCUT2D eigenvalue weighted by molar-refractivity contribution is 5.25. The number of fused-ring (bicyclic) bond motifs is 1. The van der Waals surface area contributed by atoms with Gasteiger partial charge in [-0.25, -0.2) is 0 Å². The molecule has 6 heteroatoms. The SMILES string of the molecule is CCNC(C)c1nnc(N2CCCN3CCCC3C2)o1. The average Bonchev–Trinajstić information content (AvgIpc) is 3.05. The van der Waals surface area contributed by atoms with Crippen LogP contribution in [0.5, 0.6) is 0 Å². The van der Waals surface area contributed by atoms with E-state index in [4.69, 9.17) is 4.42 Å². The zero-order valence-electron chi connectivity index (χ0n) is 12.5. The summed E-state index contributed by atoms with van der Waals surface area (Å²) in [5.74, 6) is 0.689. The van der Waals surface area contributed by atoms with Crippen LogP contribution < -0.4 is 10.2 Å². The van der Waals surface area contributed by atoms with Gasteiger partial charge in [0.25, 0.3) is 0 Å². The lowest BCUT2D eigenvalue weighted by Crippen LogP contribution is -2.36. The summed E-state index contributed by atoms with van der Waals surface area (Å²) in [6.07, 6.45) is 3.80. The van der Waals surface area contributed by atoms with Crippen molar-refractivity contribution in [3.8, 4) is 0 Å². The molecule has 0 aromatic carbocycles. The van der Waals surface area contributed by atoms with Gasteiger partial charge in [0.1, 0.15) is 0 Å². The molecule has 2 aliphatic rings. The Morgan fingerprint density at radius 3 is 3.00 bits per heavy atom. The van der Waals surface area contributed by atoms with E-state index in [2.05, 4.69) is 39.2 Å². The van der Waals surface area contributed by atoms with Gasteiger partial charge in [-0.1, -0.05) is 12.0 Å². The maximum Gasteiger partial charge on any atom is 0.318 e. The number of hydrogen-bond donors (Lipinski definition) is 1. The Kier molecular flexibility index (Phi) is 4.21. The fourth-order valence-corrected chi connectivity index (χ4v) is 3.30. The zero-order chi connectivity index (χ0) is 13.9. The fourth-order valence-electron chi connectivity index (χ4n) is 3.30. The molecule has 1 N–H and O–H groups in total. The molecule has 112 valence electrons. The Bertz CT molecular complexity index is 435. The lowest BCUT2D eigenvalue weighted by molar-refractivity contribution is 0.272. The molecule has 2 saturated heterocycles. The van der Waals surface area contributed by atoms with Gasteiger partial charge < -0.3 is 14.6 Å². The van der Waals surface area contributed by atoms with Crippen LogP contribution in [0.1, 0.15) is 45.0 Å². The quantitative estimate of drug-likeness (QED) is 0.899. The van der Waals surface area contributed by atoms with Crippen LogP contribution in [-0.2, 0) is 0 Å². The molecule has 0 aliphatic carbocycles. The second kappa shape index (κ2) is 6.10. The van der Waals surface area contributed by atoms with E-state index in [0.717, 1.165) is 19.6 Å². The minimum absolute atomic E-state index is 0.121. The Balaban J connectivity index is 1.69. The molecule has 0 spiro atoms. The first-order valence-electron chi connectivity index (χ1n) is 7.83. The fraction of sp³-hybridized carbons (Fsp3) is 0.857. The standard InChI is InChI=1S/C14H25N5O/c1-3-15-11(2)13-16-17-14(20-13)19-9-5-8-18-7-4-6-12(18)10-19/h11-12,15H,3-10H2,1-2H3. The molecule has 2 fully saturated rings. The maximum atomic E-state index is 5.86. The van der Waals surface area contributed by atoms with E-state index >= 15 is 0 Å². The third-order valence-corrected chi connectivity index (χ3v) is 4.38. The summed E-state index contributed by atoms with van der Waals surface area (Å²) in [4.78, 5) is 4.88. The van der Waals surface area contributed by atoms with Crippen molar-refractivity contribution in [3.63, 3.8) is 0 Å². The minimum atomic E-state index is 0.121. The first-order chi connectivity index (χ1) is 9.78. The molecule has 2 atom stereocenters. The summed E-state index contributed by atoms with van der Waals surface area (Å²) in [7, 11) is 0. The van der Waals surface area contributed by atoms with Gasteiger partial charge in [-0.15, -0.1) is 5.10 Å². The van der Waals surface area contributed by atoms with Crippen molar-refractivity contribution < 1.29 is 4.42 Å². The highest BCUT2D eigenvalue weighted by Gasteiger charge is 2.30. The minimum Gasteiger partial charge on any atom is -0.406 e. The summed E-state index contributed by atoms with van der Waals surface area (Å²) < 4.78 is 5.86. The zero-order valence-corrected chi connectivity index (χ0v) is 12.5. The largest absolute Gasteiger partial charge is 0.406 e. The van der Waals surface area contributed by atoms with Crippen LogP contribution >= 0.6 is 0 Å². The van der Waals surface area contributed by atoms with E-state index in [1.807, 2.05) is 0 Å². The van der Waals surface area contributed by atoms with Gasteiger partial charge in [0.05, 0.1) is 6.04 Å². The molecule has 0 bridgehead atoms. The molecule has 0 amide bonds. The molecule has 2 unspecified atom stereocenters. The third-order valence-electron chi connectivity index (χ3n) is 4.38. The second-order valence-electron chi connectivity index (χ2n) is 5.83.